The van der Waals surface area contributed by atoms with Gasteiger partial charge in [-0.3, -0.25) is 9.59 Å². The number of benzene rings is 1. The lowest BCUT2D eigenvalue weighted by atomic mass is 9.78. The number of hydrogen-bond donors (Lipinski definition) is 2. The van der Waals surface area contributed by atoms with Crippen molar-refractivity contribution >= 4 is 23.5 Å². The minimum absolute atomic E-state index is 0.185. The first-order valence-corrected chi connectivity index (χ1v) is 10.4. The van der Waals surface area contributed by atoms with Crippen LogP contribution in [0.3, 0.4) is 0 Å². The van der Waals surface area contributed by atoms with Crippen LogP contribution in [0, 0.1) is 0 Å². The Hall–Kier alpha value is -2.21. The van der Waals surface area contributed by atoms with Gasteiger partial charge in [0.05, 0.1) is 5.03 Å². The van der Waals surface area contributed by atoms with Gasteiger partial charge in [0.2, 0.25) is 0 Å². The summed E-state index contributed by atoms with van der Waals surface area (Å²) < 4.78 is 1.57. The number of carbonyl (C=O) groups is 2. The van der Waals surface area contributed by atoms with E-state index in [-0.39, 0.29) is 28.9 Å². The first-order valence-electron chi connectivity index (χ1n) is 9.14. The van der Waals surface area contributed by atoms with Crippen LogP contribution in [-0.4, -0.2) is 32.8 Å². The fourth-order valence-electron chi connectivity index (χ4n) is 3.13. The van der Waals surface area contributed by atoms with Gasteiger partial charge in [-0.2, -0.15) is 0 Å². The monoisotopic (exact) mass is 403 g/mol. The largest absolute Gasteiger partial charge is 0.507 e. The van der Waals surface area contributed by atoms with Crippen LogP contribution >= 0.6 is 11.8 Å². The number of aromatic hydroxyl groups is 1. The van der Waals surface area contributed by atoms with Crippen LogP contribution in [0.15, 0.2) is 29.4 Å². The van der Waals surface area contributed by atoms with Gasteiger partial charge in [0, 0.05) is 28.5 Å². The van der Waals surface area contributed by atoms with Gasteiger partial charge in [-0.05, 0) is 35.3 Å². The van der Waals surface area contributed by atoms with Gasteiger partial charge in [0.1, 0.15) is 12.3 Å². The maximum atomic E-state index is 13.2. The van der Waals surface area contributed by atoms with Crippen molar-refractivity contribution in [3.63, 3.8) is 0 Å². The summed E-state index contributed by atoms with van der Waals surface area (Å²) in [5, 5.41) is 20.6. The van der Waals surface area contributed by atoms with Crippen molar-refractivity contribution < 1.29 is 19.8 Å². The molecule has 2 aromatic rings. The van der Waals surface area contributed by atoms with Crippen LogP contribution in [0.4, 0.5) is 0 Å². The molecule has 0 atom stereocenters. The highest BCUT2D eigenvalue weighted by molar-refractivity contribution is 7.98. The number of carboxylic acids is 1. The Labute approximate surface area is 170 Å². The molecule has 0 aliphatic carbocycles. The van der Waals surface area contributed by atoms with E-state index < -0.39 is 5.97 Å². The first kappa shape index (κ1) is 22.1. The average molecular weight is 404 g/mol. The maximum absolute atomic E-state index is 13.2. The van der Waals surface area contributed by atoms with Crippen molar-refractivity contribution in [1.82, 2.24) is 4.57 Å². The zero-order chi connectivity index (χ0) is 21.4. The molecule has 0 radical (unpaired) electrons. The number of phenols is 1. The number of aliphatic carboxylic acids is 1. The van der Waals surface area contributed by atoms with Crippen molar-refractivity contribution in [2.24, 2.45) is 0 Å². The van der Waals surface area contributed by atoms with E-state index in [1.165, 1.54) is 11.8 Å². The maximum Gasteiger partial charge on any atom is 0.323 e. The summed E-state index contributed by atoms with van der Waals surface area (Å²) in [6.45, 7) is 11.8. The molecule has 2 N–H and O–H groups in total. The molecule has 0 bridgehead atoms. The molecule has 0 spiro atoms. The average Bonchev–Trinajstić information content (AvgIpc) is 2.94. The molecule has 1 heterocycles. The molecule has 1 aromatic carbocycles. The third-order valence-corrected chi connectivity index (χ3v) is 5.39. The lowest BCUT2D eigenvalue weighted by Gasteiger charge is -2.28. The van der Waals surface area contributed by atoms with Crippen molar-refractivity contribution in [1.29, 1.82) is 0 Å². The van der Waals surface area contributed by atoms with Crippen LogP contribution in [0.1, 0.15) is 68.6 Å². The molecule has 5 nitrogen and oxygen atoms in total. The van der Waals surface area contributed by atoms with Crippen LogP contribution < -0.4 is 0 Å². The molecular formula is C22H29NO4S. The first-order chi connectivity index (χ1) is 12.8. The summed E-state index contributed by atoms with van der Waals surface area (Å²) in [5.74, 6) is -0.917. The summed E-state index contributed by atoms with van der Waals surface area (Å²) >= 11 is 1.40. The Balaban J connectivity index is 2.63. The zero-order valence-electron chi connectivity index (χ0n) is 17.6. The Morgan fingerprint density at radius 3 is 1.86 bits per heavy atom. The number of carboxylic acid groups (broad SMARTS) is 1. The number of aromatic nitrogens is 1. The molecule has 0 saturated carbocycles. The summed E-state index contributed by atoms with van der Waals surface area (Å²) in [7, 11) is 0. The third kappa shape index (κ3) is 4.61. The second-order valence-corrected chi connectivity index (χ2v) is 9.87. The third-order valence-electron chi connectivity index (χ3n) is 4.62. The topological polar surface area (TPSA) is 79.5 Å². The van der Waals surface area contributed by atoms with Crippen LogP contribution in [0.5, 0.6) is 5.75 Å². The van der Waals surface area contributed by atoms with Gasteiger partial charge >= 0.3 is 5.97 Å². The van der Waals surface area contributed by atoms with Gasteiger partial charge < -0.3 is 14.8 Å². The normalized spacial score (nSPS) is 12.2. The number of rotatable bonds is 5. The molecule has 0 fully saturated rings. The van der Waals surface area contributed by atoms with E-state index >= 15 is 0 Å². The van der Waals surface area contributed by atoms with Gasteiger partial charge in [-0.15, -0.1) is 11.8 Å². The predicted octanol–water partition coefficient (Wildman–Crippen LogP) is 4.83. The second kappa shape index (κ2) is 7.66. The summed E-state index contributed by atoms with van der Waals surface area (Å²) in [5.41, 5.74) is 1.71. The van der Waals surface area contributed by atoms with Crippen molar-refractivity contribution in [2.75, 3.05) is 6.26 Å². The molecule has 0 saturated heterocycles. The standard InChI is InChI=1S/C22H29NO4S/c1-21(2,3)15-8-13(9-16(20(15)27)22(4,5)6)19(26)14-10-17(28-7)23(11-14)12-18(24)25/h8-11,27H,12H2,1-7H3,(H,24,25). The molecule has 152 valence electrons. The lowest BCUT2D eigenvalue weighted by molar-refractivity contribution is -0.137. The van der Waals surface area contributed by atoms with E-state index in [1.807, 2.05) is 47.8 Å². The minimum Gasteiger partial charge on any atom is -0.507 e. The molecule has 0 aliphatic heterocycles. The van der Waals surface area contributed by atoms with Crippen molar-refractivity contribution in [3.05, 3.63) is 46.6 Å². The number of phenolic OH excluding ortho intramolecular Hbond substituents is 1. The highest BCUT2D eigenvalue weighted by atomic mass is 32.2. The van der Waals surface area contributed by atoms with Gasteiger partial charge in [-0.25, -0.2) is 0 Å². The number of ketones is 1. The van der Waals surface area contributed by atoms with Gasteiger partial charge in [-0.1, -0.05) is 41.5 Å². The Bertz CT molecular complexity index is 879. The molecule has 0 amide bonds. The fourth-order valence-corrected chi connectivity index (χ4v) is 3.73. The van der Waals surface area contributed by atoms with Gasteiger partial charge in [0.25, 0.3) is 0 Å². The number of carbonyl (C=O) groups excluding carboxylic acids is 1. The zero-order valence-corrected chi connectivity index (χ0v) is 18.4. The van der Waals surface area contributed by atoms with Crippen LogP contribution in [-0.2, 0) is 22.2 Å². The van der Waals surface area contributed by atoms with Crippen LogP contribution in [0.25, 0.3) is 0 Å². The SMILES string of the molecule is CSc1cc(C(=O)c2cc(C(C)(C)C)c(O)c(C(C)(C)C)c2)cn1CC(=O)O. The molecule has 0 aliphatic rings. The highest BCUT2D eigenvalue weighted by Gasteiger charge is 2.28. The molecule has 2 rings (SSSR count). The molecule has 1 aromatic heterocycles. The Kier molecular flexibility index (Phi) is 6.04. The molecule has 28 heavy (non-hydrogen) atoms. The van der Waals surface area contributed by atoms with Crippen LogP contribution in [0.2, 0.25) is 0 Å². The molecule has 0 unspecified atom stereocenters. The Morgan fingerprint density at radius 1 is 0.964 bits per heavy atom. The summed E-state index contributed by atoms with van der Waals surface area (Å²) in [6.07, 6.45) is 3.43. The summed E-state index contributed by atoms with van der Waals surface area (Å²) in [4.78, 5) is 24.3. The lowest BCUT2D eigenvalue weighted by Crippen LogP contribution is -2.19. The quantitative estimate of drug-likeness (QED) is 0.552. The van der Waals surface area contributed by atoms with E-state index in [1.54, 1.807) is 29.0 Å². The highest BCUT2D eigenvalue weighted by Crippen LogP contribution is 2.40. The molecular weight excluding hydrogens is 374 g/mol. The van der Waals surface area contributed by atoms with E-state index in [4.69, 9.17) is 5.11 Å². The van der Waals surface area contributed by atoms with Gasteiger partial charge in [0.15, 0.2) is 5.78 Å². The predicted molar refractivity (Wildman–Crippen MR) is 113 cm³/mol. The Morgan fingerprint density at radius 2 is 1.46 bits per heavy atom. The summed E-state index contributed by atoms with van der Waals surface area (Å²) in [6, 6.07) is 5.22. The van der Waals surface area contributed by atoms with E-state index in [0.717, 1.165) is 16.2 Å². The van der Waals surface area contributed by atoms with Crippen molar-refractivity contribution in [2.45, 2.75) is 63.9 Å². The number of thioether (sulfide) groups is 1. The van der Waals surface area contributed by atoms with E-state index in [9.17, 15) is 14.7 Å². The molecule has 6 heteroatoms. The minimum atomic E-state index is -0.959. The number of nitrogens with zero attached hydrogens (tertiary/aromatic N) is 1. The smallest absolute Gasteiger partial charge is 0.323 e. The fraction of sp³-hybridized carbons (Fsp3) is 0.455. The number of hydrogen-bond acceptors (Lipinski definition) is 4. The van der Waals surface area contributed by atoms with E-state index in [2.05, 4.69) is 0 Å². The second-order valence-electron chi connectivity index (χ2n) is 9.04. The van der Waals surface area contributed by atoms with E-state index in [0.29, 0.717) is 11.1 Å². The van der Waals surface area contributed by atoms with Crippen molar-refractivity contribution in [3.8, 4) is 5.75 Å².